The molecule has 2 aromatic rings. The van der Waals surface area contributed by atoms with Crippen LogP contribution >= 0.6 is 0 Å². The van der Waals surface area contributed by atoms with E-state index in [2.05, 4.69) is 40.4 Å². The smallest absolute Gasteiger partial charge is 0.223 e. The molecule has 0 bridgehead atoms. The van der Waals surface area contributed by atoms with Crippen molar-refractivity contribution in [2.45, 2.75) is 44.1 Å². The molecule has 2 aromatic carbocycles. The molecule has 0 aliphatic heterocycles. The lowest BCUT2D eigenvalue weighted by Crippen LogP contribution is -2.46. The van der Waals surface area contributed by atoms with Gasteiger partial charge in [0.05, 0.1) is 6.26 Å². The Hall–Kier alpha value is -1.92. The van der Waals surface area contributed by atoms with E-state index in [0.717, 1.165) is 32.1 Å². The van der Waals surface area contributed by atoms with Gasteiger partial charge >= 0.3 is 0 Å². The highest BCUT2D eigenvalue weighted by atomic mass is 32.2. The van der Waals surface area contributed by atoms with Crippen molar-refractivity contribution in [1.29, 1.82) is 0 Å². The van der Waals surface area contributed by atoms with Crippen molar-refractivity contribution in [3.05, 3.63) is 48.0 Å². The first-order chi connectivity index (χ1) is 13.4. The molecule has 6 heteroatoms. The number of benzene rings is 2. The van der Waals surface area contributed by atoms with Gasteiger partial charge in [-0.3, -0.25) is 4.79 Å². The Kier molecular flexibility index (Phi) is 5.43. The van der Waals surface area contributed by atoms with Crippen molar-refractivity contribution in [2.75, 3.05) is 12.8 Å². The lowest BCUT2D eigenvalue weighted by atomic mass is 9.85. The maximum atomic E-state index is 12.6. The third-order valence-corrected chi connectivity index (χ3v) is 6.87. The number of amides is 1. The van der Waals surface area contributed by atoms with Gasteiger partial charge in [0.15, 0.2) is 0 Å². The molecule has 1 amide bonds. The minimum atomic E-state index is -3.22. The second-order valence-electron chi connectivity index (χ2n) is 8.34. The van der Waals surface area contributed by atoms with Gasteiger partial charge in [-0.2, -0.15) is 0 Å². The first kappa shape index (κ1) is 19.4. The van der Waals surface area contributed by atoms with Gasteiger partial charge in [-0.05, 0) is 47.4 Å². The quantitative estimate of drug-likeness (QED) is 0.782. The van der Waals surface area contributed by atoms with Crippen LogP contribution in [0.1, 0.15) is 43.6 Å². The zero-order valence-corrected chi connectivity index (χ0v) is 17.0. The summed E-state index contributed by atoms with van der Waals surface area (Å²) < 4.78 is 25.9. The van der Waals surface area contributed by atoms with Crippen LogP contribution in [-0.2, 0) is 14.8 Å². The summed E-state index contributed by atoms with van der Waals surface area (Å²) in [5, 5.41) is 5.52. The Balaban J connectivity index is 1.34. The molecule has 0 aromatic heterocycles. The van der Waals surface area contributed by atoms with Crippen molar-refractivity contribution in [3.8, 4) is 0 Å². The molecule has 4 atom stereocenters. The fourth-order valence-corrected chi connectivity index (χ4v) is 5.40. The van der Waals surface area contributed by atoms with E-state index in [4.69, 9.17) is 0 Å². The van der Waals surface area contributed by atoms with Gasteiger partial charge in [0, 0.05) is 18.5 Å². The number of hydrogen-bond donors (Lipinski definition) is 2. The first-order valence-corrected chi connectivity index (χ1v) is 12.0. The predicted molar refractivity (Wildman–Crippen MR) is 112 cm³/mol. The van der Waals surface area contributed by atoms with E-state index in [1.54, 1.807) is 0 Å². The maximum absolute atomic E-state index is 12.6. The summed E-state index contributed by atoms with van der Waals surface area (Å²) in [6, 6.07) is 14.7. The monoisotopic (exact) mass is 400 g/mol. The van der Waals surface area contributed by atoms with Crippen molar-refractivity contribution in [1.82, 2.24) is 10.0 Å². The average molecular weight is 401 g/mol. The van der Waals surface area contributed by atoms with E-state index >= 15 is 0 Å². The van der Waals surface area contributed by atoms with E-state index in [9.17, 15) is 13.2 Å². The Labute approximate surface area is 167 Å². The second-order valence-corrected chi connectivity index (χ2v) is 10.1. The Morgan fingerprint density at radius 3 is 2.61 bits per heavy atom. The van der Waals surface area contributed by atoms with E-state index < -0.39 is 10.0 Å². The first-order valence-electron chi connectivity index (χ1n) is 10.1. The van der Waals surface area contributed by atoms with Crippen LogP contribution in [0.25, 0.3) is 10.8 Å². The summed E-state index contributed by atoms with van der Waals surface area (Å²) in [4.78, 5) is 12.6. The normalized spacial score (nSPS) is 27.5. The summed E-state index contributed by atoms with van der Waals surface area (Å²) in [5.41, 5.74) is 1.23. The SMILES string of the molecule is CS(=O)(=O)NC1CCCCC1CNC(=O)C1CC1c1ccc2ccccc2c1. The number of fused-ring (bicyclic) bond motifs is 1. The van der Waals surface area contributed by atoms with Crippen LogP contribution in [0.4, 0.5) is 0 Å². The molecule has 0 radical (unpaired) electrons. The largest absolute Gasteiger partial charge is 0.356 e. The van der Waals surface area contributed by atoms with Crippen molar-refractivity contribution < 1.29 is 13.2 Å². The van der Waals surface area contributed by atoms with Gasteiger partial charge in [-0.15, -0.1) is 0 Å². The zero-order valence-electron chi connectivity index (χ0n) is 16.2. The summed E-state index contributed by atoms with van der Waals surface area (Å²) in [7, 11) is -3.22. The van der Waals surface area contributed by atoms with Crippen LogP contribution in [0.15, 0.2) is 42.5 Å². The topological polar surface area (TPSA) is 75.3 Å². The van der Waals surface area contributed by atoms with Crippen LogP contribution < -0.4 is 10.0 Å². The molecule has 2 N–H and O–H groups in total. The minimum absolute atomic E-state index is 0.0334. The van der Waals surface area contributed by atoms with Crippen molar-refractivity contribution in [3.63, 3.8) is 0 Å². The van der Waals surface area contributed by atoms with Crippen LogP contribution in [-0.4, -0.2) is 33.2 Å². The lowest BCUT2D eigenvalue weighted by molar-refractivity contribution is -0.122. The number of rotatable bonds is 6. The summed E-state index contributed by atoms with van der Waals surface area (Å²) in [6.07, 6.45) is 6.01. The van der Waals surface area contributed by atoms with E-state index in [0.29, 0.717) is 12.5 Å². The number of carbonyl (C=O) groups is 1. The highest BCUT2D eigenvalue weighted by Gasteiger charge is 2.44. The van der Waals surface area contributed by atoms with Crippen LogP contribution in [0.5, 0.6) is 0 Å². The molecular formula is C22H28N2O3S. The summed E-state index contributed by atoms with van der Waals surface area (Å²) >= 11 is 0. The van der Waals surface area contributed by atoms with Gasteiger partial charge in [-0.25, -0.2) is 13.1 Å². The lowest BCUT2D eigenvalue weighted by Gasteiger charge is -2.31. The standard InChI is InChI=1S/C22H28N2O3S/c1-28(26,27)24-21-9-5-4-8-18(21)14-23-22(25)20-13-19(20)17-11-10-15-6-2-3-7-16(15)12-17/h2-3,6-7,10-12,18-21,24H,4-5,8-9,13-14H2,1H3,(H,23,25). The molecule has 2 aliphatic carbocycles. The molecule has 0 heterocycles. The number of hydrogen-bond acceptors (Lipinski definition) is 3. The Morgan fingerprint density at radius 1 is 1.07 bits per heavy atom. The molecule has 0 saturated heterocycles. The van der Waals surface area contributed by atoms with Crippen molar-refractivity contribution in [2.24, 2.45) is 11.8 Å². The minimum Gasteiger partial charge on any atom is -0.356 e. The number of carbonyl (C=O) groups excluding carboxylic acids is 1. The van der Waals surface area contributed by atoms with E-state index in [1.807, 2.05) is 12.1 Å². The second kappa shape index (κ2) is 7.84. The summed E-state index contributed by atoms with van der Waals surface area (Å²) in [6.45, 7) is 0.549. The molecule has 4 rings (SSSR count). The van der Waals surface area contributed by atoms with Gasteiger partial charge in [0.25, 0.3) is 0 Å². The average Bonchev–Trinajstić information content (AvgIpc) is 3.46. The van der Waals surface area contributed by atoms with Gasteiger partial charge < -0.3 is 5.32 Å². The Bertz CT molecular complexity index is 973. The molecule has 150 valence electrons. The van der Waals surface area contributed by atoms with Crippen LogP contribution in [0, 0.1) is 11.8 Å². The van der Waals surface area contributed by atoms with E-state index in [1.165, 1.54) is 22.6 Å². The zero-order chi connectivity index (χ0) is 19.7. The highest BCUT2D eigenvalue weighted by Crippen LogP contribution is 2.48. The molecule has 4 unspecified atom stereocenters. The molecule has 0 spiro atoms. The molecular weight excluding hydrogens is 372 g/mol. The van der Waals surface area contributed by atoms with E-state index in [-0.39, 0.29) is 23.8 Å². The molecule has 5 nitrogen and oxygen atoms in total. The fraction of sp³-hybridized carbons (Fsp3) is 0.500. The number of sulfonamides is 1. The third kappa shape index (κ3) is 4.55. The van der Waals surface area contributed by atoms with Gasteiger partial charge in [0.2, 0.25) is 15.9 Å². The molecule has 2 fully saturated rings. The van der Waals surface area contributed by atoms with Crippen molar-refractivity contribution >= 4 is 26.7 Å². The molecule has 2 aliphatic rings. The number of nitrogens with one attached hydrogen (secondary N) is 2. The van der Waals surface area contributed by atoms with Crippen LogP contribution in [0.3, 0.4) is 0 Å². The van der Waals surface area contributed by atoms with Crippen LogP contribution in [0.2, 0.25) is 0 Å². The third-order valence-electron chi connectivity index (χ3n) is 6.14. The van der Waals surface area contributed by atoms with Gasteiger partial charge in [0.1, 0.15) is 0 Å². The highest BCUT2D eigenvalue weighted by molar-refractivity contribution is 7.88. The Morgan fingerprint density at radius 2 is 1.82 bits per heavy atom. The maximum Gasteiger partial charge on any atom is 0.223 e. The molecule has 2 saturated carbocycles. The molecule has 28 heavy (non-hydrogen) atoms. The summed E-state index contributed by atoms with van der Waals surface area (Å²) in [5.74, 6) is 0.596. The predicted octanol–water partition coefficient (Wildman–Crippen LogP) is 3.17. The fourth-order valence-electron chi connectivity index (χ4n) is 4.54. The van der Waals surface area contributed by atoms with Gasteiger partial charge in [-0.1, -0.05) is 55.3 Å².